The molecule has 1 amide bonds. The van der Waals surface area contributed by atoms with E-state index in [1.807, 2.05) is 0 Å². The van der Waals surface area contributed by atoms with Crippen LogP contribution in [0.2, 0.25) is 0 Å². The van der Waals surface area contributed by atoms with E-state index in [0.717, 1.165) is 25.8 Å². The maximum Gasteiger partial charge on any atom is 0.252 e. The van der Waals surface area contributed by atoms with E-state index in [-0.39, 0.29) is 47.6 Å². The summed E-state index contributed by atoms with van der Waals surface area (Å²) in [7, 11) is 0. The van der Waals surface area contributed by atoms with Gasteiger partial charge in [0, 0.05) is 35.0 Å². The third kappa shape index (κ3) is 5.96. The van der Waals surface area contributed by atoms with Crippen molar-refractivity contribution in [3.8, 4) is 6.07 Å². The number of likely N-dealkylation sites (tertiary alicyclic amines) is 1. The SMILES string of the molecule is CCCCCCCN1CC(C#N)CC2COC[C@@H](NC(=O)Cc3c(C)c4cc(F)ccc4[nH]c3=O)C21. The molecule has 2 aliphatic rings. The van der Waals surface area contributed by atoms with Gasteiger partial charge in [0.1, 0.15) is 5.82 Å². The van der Waals surface area contributed by atoms with Crippen LogP contribution in [-0.2, 0) is 16.0 Å². The van der Waals surface area contributed by atoms with E-state index in [1.165, 1.54) is 37.5 Å². The topological polar surface area (TPSA) is 98.2 Å². The molecule has 0 saturated carbocycles. The van der Waals surface area contributed by atoms with Crippen LogP contribution in [0.3, 0.4) is 0 Å². The number of halogens is 1. The van der Waals surface area contributed by atoms with Gasteiger partial charge in [-0.2, -0.15) is 5.26 Å². The van der Waals surface area contributed by atoms with Crippen molar-refractivity contribution in [1.82, 2.24) is 15.2 Å². The number of carbonyl (C=O) groups is 1. The Kier molecular flexibility index (Phi) is 8.76. The molecular formula is C28H37FN4O3. The Hall–Kier alpha value is -2.76. The number of ether oxygens (including phenoxy) is 1. The first kappa shape index (κ1) is 26.3. The fourth-order valence-corrected chi connectivity index (χ4v) is 5.95. The van der Waals surface area contributed by atoms with E-state index in [0.29, 0.717) is 41.8 Å². The highest BCUT2D eigenvalue weighted by atomic mass is 19.1. The van der Waals surface area contributed by atoms with Crippen LogP contribution >= 0.6 is 0 Å². The molecule has 2 aliphatic heterocycles. The third-order valence-electron chi connectivity index (χ3n) is 7.76. The number of piperidine rings is 1. The fraction of sp³-hybridized carbons (Fsp3) is 0.607. The van der Waals surface area contributed by atoms with E-state index in [9.17, 15) is 19.2 Å². The van der Waals surface area contributed by atoms with E-state index < -0.39 is 0 Å². The lowest BCUT2D eigenvalue weighted by molar-refractivity contribution is -0.125. The monoisotopic (exact) mass is 496 g/mol. The molecule has 2 fully saturated rings. The summed E-state index contributed by atoms with van der Waals surface area (Å²) in [5.41, 5.74) is 1.18. The van der Waals surface area contributed by atoms with Gasteiger partial charge in [0.15, 0.2) is 0 Å². The highest BCUT2D eigenvalue weighted by Gasteiger charge is 2.43. The first-order valence-corrected chi connectivity index (χ1v) is 13.2. The molecule has 2 saturated heterocycles. The number of rotatable bonds is 9. The van der Waals surface area contributed by atoms with Crippen LogP contribution in [0, 0.1) is 35.9 Å². The summed E-state index contributed by atoms with van der Waals surface area (Å²) in [4.78, 5) is 31.0. The lowest BCUT2D eigenvalue weighted by Gasteiger charge is -2.49. The third-order valence-corrected chi connectivity index (χ3v) is 7.76. The summed E-state index contributed by atoms with van der Waals surface area (Å²) in [5.74, 6) is -0.480. The number of unbranched alkanes of at least 4 members (excludes halogenated alkanes) is 4. The molecule has 4 rings (SSSR count). The normalized spacial score (nSPS) is 24.3. The highest BCUT2D eigenvalue weighted by Crippen LogP contribution is 2.33. The zero-order valence-corrected chi connectivity index (χ0v) is 21.3. The van der Waals surface area contributed by atoms with Gasteiger partial charge in [0.05, 0.1) is 37.7 Å². The largest absolute Gasteiger partial charge is 0.379 e. The van der Waals surface area contributed by atoms with Crippen molar-refractivity contribution in [2.45, 2.75) is 70.9 Å². The predicted molar refractivity (Wildman–Crippen MR) is 137 cm³/mol. The number of fused-ring (bicyclic) bond motifs is 2. The highest BCUT2D eigenvalue weighted by molar-refractivity contribution is 5.85. The number of hydrogen-bond donors (Lipinski definition) is 2. The number of H-pyrrole nitrogens is 1. The molecule has 0 bridgehead atoms. The number of carbonyl (C=O) groups excluding carboxylic acids is 1. The van der Waals surface area contributed by atoms with Crippen LogP contribution in [0.4, 0.5) is 4.39 Å². The number of aryl methyl sites for hydroxylation is 1. The second-order valence-electron chi connectivity index (χ2n) is 10.4. The number of pyridine rings is 1. The smallest absolute Gasteiger partial charge is 0.252 e. The van der Waals surface area contributed by atoms with Gasteiger partial charge in [-0.1, -0.05) is 32.6 Å². The molecule has 0 spiro atoms. The maximum absolute atomic E-state index is 13.8. The van der Waals surface area contributed by atoms with Crippen molar-refractivity contribution in [2.75, 3.05) is 26.3 Å². The second kappa shape index (κ2) is 12.0. The number of amides is 1. The summed E-state index contributed by atoms with van der Waals surface area (Å²) >= 11 is 0. The average molecular weight is 497 g/mol. The lowest BCUT2D eigenvalue weighted by atomic mass is 9.79. The fourth-order valence-electron chi connectivity index (χ4n) is 5.95. The van der Waals surface area contributed by atoms with Crippen LogP contribution in [0.1, 0.15) is 56.6 Å². The molecule has 2 N–H and O–H groups in total. The molecule has 3 heterocycles. The number of aromatic amines is 1. The second-order valence-corrected chi connectivity index (χ2v) is 10.4. The zero-order valence-electron chi connectivity index (χ0n) is 21.3. The minimum absolute atomic E-state index is 0.0286. The van der Waals surface area contributed by atoms with Gasteiger partial charge in [-0.25, -0.2) is 4.39 Å². The van der Waals surface area contributed by atoms with Crippen molar-refractivity contribution < 1.29 is 13.9 Å². The number of hydrogen-bond acceptors (Lipinski definition) is 5. The van der Waals surface area contributed by atoms with E-state index in [2.05, 4.69) is 28.2 Å². The van der Waals surface area contributed by atoms with Crippen LogP contribution in [0.25, 0.3) is 10.9 Å². The van der Waals surface area contributed by atoms with Crippen molar-refractivity contribution in [3.05, 3.63) is 45.5 Å². The van der Waals surface area contributed by atoms with Gasteiger partial charge < -0.3 is 15.0 Å². The molecule has 0 aliphatic carbocycles. The quantitative estimate of drug-likeness (QED) is 0.514. The molecule has 3 unspecified atom stereocenters. The van der Waals surface area contributed by atoms with Crippen molar-refractivity contribution >= 4 is 16.8 Å². The van der Waals surface area contributed by atoms with Crippen LogP contribution in [0.15, 0.2) is 23.0 Å². The Bertz CT molecular complexity index is 1170. The van der Waals surface area contributed by atoms with Gasteiger partial charge in [-0.3, -0.25) is 14.5 Å². The van der Waals surface area contributed by atoms with Gasteiger partial charge in [0.25, 0.3) is 5.56 Å². The van der Waals surface area contributed by atoms with E-state index in [1.54, 1.807) is 6.92 Å². The minimum Gasteiger partial charge on any atom is -0.379 e. The van der Waals surface area contributed by atoms with Crippen molar-refractivity contribution in [1.29, 1.82) is 5.26 Å². The number of nitrogens with one attached hydrogen (secondary N) is 2. The molecule has 4 atom stereocenters. The standard InChI is InChI=1S/C28H37FN4O3/c1-3-4-5-6-7-10-33-15-19(14-30)11-20-16-36-17-25(27(20)33)31-26(34)13-23-18(2)22-12-21(29)8-9-24(22)32-28(23)35/h8-9,12,19-20,25,27H,3-7,10-11,13,15-17H2,1-2H3,(H,31,34)(H,32,35)/t19?,20?,25-,27?/m1/s1. The molecule has 0 radical (unpaired) electrons. The summed E-state index contributed by atoms with van der Waals surface area (Å²) < 4.78 is 19.7. The minimum atomic E-state index is -0.388. The Labute approximate surface area is 212 Å². The van der Waals surface area contributed by atoms with E-state index in [4.69, 9.17) is 4.74 Å². The molecule has 1 aromatic heterocycles. The van der Waals surface area contributed by atoms with Gasteiger partial charge in [0.2, 0.25) is 5.91 Å². The molecule has 2 aromatic rings. The van der Waals surface area contributed by atoms with Gasteiger partial charge >= 0.3 is 0 Å². The molecule has 36 heavy (non-hydrogen) atoms. The number of nitriles is 1. The van der Waals surface area contributed by atoms with Crippen LogP contribution < -0.4 is 10.9 Å². The average Bonchev–Trinajstić information content (AvgIpc) is 2.86. The van der Waals surface area contributed by atoms with Gasteiger partial charge in [-0.05, 0) is 50.1 Å². The van der Waals surface area contributed by atoms with Crippen molar-refractivity contribution in [2.24, 2.45) is 11.8 Å². The van der Waals surface area contributed by atoms with Crippen molar-refractivity contribution in [3.63, 3.8) is 0 Å². The maximum atomic E-state index is 13.8. The van der Waals surface area contributed by atoms with Gasteiger partial charge in [-0.15, -0.1) is 0 Å². The number of aromatic nitrogens is 1. The summed E-state index contributed by atoms with van der Waals surface area (Å²) in [5, 5.41) is 13.4. The molecule has 8 heteroatoms. The molecule has 194 valence electrons. The number of benzene rings is 1. The Balaban J connectivity index is 1.48. The zero-order chi connectivity index (χ0) is 25.7. The summed E-state index contributed by atoms with van der Waals surface area (Å²) in [6.45, 7) is 6.58. The molecule has 1 aromatic carbocycles. The first-order chi connectivity index (χ1) is 17.4. The first-order valence-electron chi connectivity index (χ1n) is 13.2. The Morgan fingerprint density at radius 3 is 2.86 bits per heavy atom. The predicted octanol–water partition coefficient (Wildman–Crippen LogP) is 3.83. The van der Waals surface area contributed by atoms with Crippen LogP contribution in [-0.4, -0.2) is 54.2 Å². The summed E-state index contributed by atoms with van der Waals surface area (Å²) in [6.07, 6.45) is 6.58. The summed E-state index contributed by atoms with van der Waals surface area (Å²) in [6, 6.07) is 6.58. The van der Waals surface area contributed by atoms with Crippen LogP contribution in [0.5, 0.6) is 0 Å². The Morgan fingerprint density at radius 1 is 1.28 bits per heavy atom. The molecular weight excluding hydrogens is 459 g/mol. The molecule has 7 nitrogen and oxygen atoms in total. The number of nitrogens with zero attached hydrogens (tertiary/aromatic N) is 2. The lowest BCUT2D eigenvalue weighted by Crippen LogP contribution is -2.64. The Morgan fingerprint density at radius 2 is 2.08 bits per heavy atom. The van der Waals surface area contributed by atoms with E-state index >= 15 is 0 Å².